The van der Waals surface area contributed by atoms with Crippen molar-refractivity contribution in [3.8, 4) is 0 Å². The van der Waals surface area contributed by atoms with E-state index in [0.29, 0.717) is 32.8 Å². The monoisotopic (exact) mass is 403 g/mol. The maximum atomic E-state index is 12.5. The van der Waals surface area contributed by atoms with E-state index >= 15 is 0 Å². The quantitative estimate of drug-likeness (QED) is 0.550. The number of aromatic nitrogens is 4. The summed E-state index contributed by atoms with van der Waals surface area (Å²) < 4.78 is 1.54. The molecule has 1 aromatic carbocycles. The van der Waals surface area contributed by atoms with Gasteiger partial charge in [-0.1, -0.05) is 35.3 Å². The number of nitrogens with one attached hydrogen (secondary N) is 1. The fourth-order valence-electron chi connectivity index (χ4n) is 2.47. The Kier molecular flexibility index (Phi) is 4.58. The zero-order chi connectivity index (χ0) is 18.1. The van der Waals surface area contributed by atoms with Gasteiger partial charge >= 0.3 is 0 Å². The van der Waals surface area contributed by atoms with Gasteiger partial charge in [-0.15, -0.1) is 11.3 Å². The fourth-order valence-corrected chi connectivity index (χ4v) is 3.69. The van der Waals surface area contributed by atoms with E-state index in [1.54, 1.807) is 35.2 Å². The topological polar surface area (TPSA) is 72.2 Å². The van der Waals surface area contributed by atoms with Crippen LogP contribution < -0.4 is 5.32 Å². The Balaban J connectivity index is 1.51. The van der Waals surface area contributed by atoms with E-state index in [-0.39, 0.29) is 5.91 Å². The van der Waals surface area contributed by atoms with Gasteiger partial charge in [0.1, 0.15) is 5.56 Å². The summed E-state index contributed by atoms with van der Waals surface area (Å²) in [6, 6.07) is 7.26. The molecule has 0 unspecified atom stereocenters. The molecular formula is C17H11Cl2N5OS. The highest BCUT2D eigenvalue weighted by atomic mass is 35.5. The van der Waals surface area contributed by atoms with E-state index in [0.717, 1.165) is 10.4 Å². The summed E-state index contributed by atoms with van der Waals surface area (Å²) in [5.41, 5.74) is 1.79. The van der Waals surface area contributed by atoms with Crippen LogP contribution in [0.3, 0.4) is 0 Å². The summed E-state index contributed by atoms with van der Waals surface area (Å²) in [7, 11) is 0. The molecule has 0 fully saturated rings. The first-order valence-corrected chi connectivity index (χ1v) is 9.16. The largest absolute Gasteiger partial charge is 0.298 e. The van der Waals surface area contributed by atoms with Crippen LogP contribution in [0.1, 0.15) is 20.8 Å². The normalized spacial score (nSPS) is 11.0. The number of amides is 1. The minimum absolute atomic E-state index is 0.305. The first-order chi connectivity index (χ1) is 12.6. The standard InChI is InChI=1S/C17H11Cl2N5OS/c18-13-4-1-3-10(14(13)19)7-11-8-21-17(26-11)23-16(25)12-9-22-24-6-2-5-20-15(12)24/h1-6,8-9H,7H2,(H,21,23,25). The summed E-state index contributed by atoms with van der Waals surface area (Å²) in [4.78, 5) is 21.9. The van der Waals surface area contributed by atoms with Crippen LogP contribution in [0.2, 0.25) is 10.0 Å². The number of carbonyl (C=O) groups excluding carboxylic acids is 1. The maximum absolute atomic E-state index is 12.5. The third-order valence-corrected chi connectivity index (χ3v) is 5.47. The van der Waals surface area contributed by atoms with Crippen LogP contribution in [0.15, 0.2) is 49.1 Å². The van der Waals surface area contributed by atoms with E-state index in [1.165, 1.54) is 17.5 Å². The maximum Gasteiger partial charge on any atom is 0.262 e. The van der Waals surface area contributed by atoms with Crippen molar-refractivity contribution < 1.29 is 4.79 Å². The number of thiazole rings is 1. The molecule has 9 heteroatoms. The van der Waals surface area contributed by atoms with Gasteiger partial charge in [-0.2, -0.15) is 5.10 Å². The second kappa shape index (κ2) is 7.03. The van der Waals surface area contributed by atoms with Gasteiger partial charge in [0.15, 0.2) is 10.8 Å². The Bertz CT molecular complexity index is 1110. The molecule has 3 heterocycles. The Morgan fingerprint density at radius 3 is 2.96 bits per heavy atom. The van der Waals surface area contributed by atoms with Gasteiger partial charge in [0.2, 0.25) is 0 Å². The number of rotatable bonds is 4. The number of nitrogens with zero attached hydrogens (tertiary/aromatic N) is 4. The first kappa shape index (κ1) is 17.0. The molecule has 3 aromatic heterocycles. The molecule has 0 saturated heterocycles. The summed E-state index contributed by atoms with van der Waals surface area (Å²) in [6.07, 6.45) is 7.13. The average molecular weight is 404 g/mol. The molecule has 0 saturated carbocycles. The van der Waals surface area contributed by atoms with Crippen molar-refractivity contribution in [1.82, 2.24) is 19.6 Å². The molecule has 0 aliphatic rings. The van der Waals surface area contributed by atoms with Gasteiger partial charge in [-0.05, 0) is 17.7 Å². The Labute approximate surface area is 162 Å². The van der Waals surface area contributed by atoms with Gasteiger partial charge in [-0.3, -0.25) is 10.1 Å². The van der Waals surface area contributed by atoms with Crippen LogP contribution in [-0.2, 0) is 6.42 Å². The van der Waals surface area contributed by atoms with E-state index in [9.17, 15) is 4.79 Å². The summed E-state index contributed by atoms with van der Waals surface area (Å²) in [5, 5.41) is 8.44. The van der Waals surface area contributed by atoms with E-state index in [4.69, 9.17) is 23.2 Å². The van der Waals surface area contributed by atoms with Gasteiger partial charge in [0.25, 0.3) is 5.91 Å². The molecule has 4 rings (SSSR count). The van der Waals surface area contributed by atoms with Crippen molar-refractivity contribution in [2.45, 2.75) is 6.42 Å². The Morgan fingerprint density at radius 1 is 1.19 bits per heavy atom. The SMILES string of the molecule is O=C(Nc1ncc(Cc2cccc(Cl)c2Cl)s1)c1cnn2cccnc12. The molecule has 26 heavy (non-hydrogen) atoms. The lowest BCUT2D eigenvalue weighted by atomic mass is 10.1. The minimum Gasteiger partial charge on any atom is -0.298 e. The number of hydrogen-bond acceptors (Lipinski definition) is 5. The van der Waals surface area contributed by atoms with Crippen LogP contribution in [-0.4, -0.2) is 25.5 Å². The van der Waals surface area contributed by atoms with Crippen LogP contribution in [0.5, 0.6) is 0 Å². The van der Waals surface area contributed by atoms with E-state index in [2.05, 4.69) is 20.4 Å². The number of carbonyl (C=O) groups is 1. The number of benzene rings is 1. The molecule has 0 bridgehead atoms. The fraction of sp³-hybridized carbons (Fsp3) is 0.0588. The first-order valence-electron chi connectivity index (χ1n) is 7.59. The highest BCUT2D eigenvalue weighted by Crippen LogP contribution is 2.29. The van der Waals surface area contributed by atoms with Crippen LogP contribution in [0, 0.1) is 0 Å². The van der Waals surface area contributed by atoms with Gasteiger partial charge in [0, 0.05) is 29.9 Å². The van der Waals surface area contributed by atoms with Crippen LogP contribution in [0.25, 0.3) is 5.65 Å². The summed E-state index contributed by atoms with van der Waals surface area (Å²) in [5.74, 6) is -0.305. The zero-order valence-electron chi connectivity index (χ0n) is 13.2. The van der Waals surface area contributed by atoms with Crippen LogP contribution in [0.4, 0.5) is 5.13 Å². The predicted molar refractivity (Wildman–Crippen MR) is 102 cm³/mol. The molecule has 0 radical (unpaired) electrons. The van der Waals surface area contributed by atoms with Crippen LogP contribution >= 0.6 is 34.5 Å². The molecule has 0 spiro atoms. The molecule has 4 aromatic rings. The molecule has 0 atom stereocenters. The zero-order valence-corrected chi connectivity index (χ0v) is 15.5. The van der Waals surface area contributed by atoms with E-state index < -0.39 is 0 Å². The highest BCUT2D eigenvalue weighted by molar-refractivity contribution is 7.15. The molecule has 6 nitrogen and oxygen atoms in total. The van der Waals surface area contributed by atoms with Crippen molar-refractivity contribution in [2.75, 3.05) is 5.32 Å². The smallest absolute Gasteiger partial charge is 0.262 e. The summed E-state index contributed by atoms with van der Waals surface area (Å²) in [6.45, 7) is 0. The third kappa shape index (κ3) is 3.29. The lowest BCUT2D eigenvalue weighted by Gasteiger charge is -2.03. The number of hydrogen-bond donors (Lipinski definition) is 1. The molecule has 0 aliphatic carbocycles. The molecule has 0 aliphatic heterocycles. The van der Waals surface area contributed by atoms with Crippen molar-refractivity contribution in [3.63, 3.8) is 0 Å². The Morgan fingerprint density at radius 2 is 2.08 bits per heavy atom. The molecular weight excluding hydrogens is 393 g/mol. The second-order valence-electron chi connectivity index (χ2n) is 5.42. The van der Waals surface area contributed by atoms with Crippen molar-refractivity contribution in [1.29, 1.82) is 0 Å². The van der Waals surface area contributed by atoms with E-state index in [1.807, 2.05) is 12.1 Å². The van der Waals surface area contributed by atoms with Crippen molar-refractivity contribution in [2.24, 2.45) is 0 Å². The molecule has 130 valence electrons. The Hall–Kier alpha value is -2.48. The van der Waals surface area contributed by atoms with Gasteiger partial charge in [0.05, 0.1) is 16.2 Å². The minimum atomic E-state index is -0.305. The third-order valence-electron chi connectivity index (χ3n) is 3.69. The highest BCUT2D eigenvalue weighted by Gasteiger charge is 2.15. The lowest BCUT2D eigenvalue weighted by molar-refractivity contribution is 0.102. The van der Waals surface area contributed by atoms with Crippen molar-refractivity contribution >= 4 is 51.2 Å². The number of fused-ring (bicyclic) bond motifs is 1. The van der Waals surface area contributed by atoms with Crippen molar-refractivity contribution in [3.05, 3.63) is 75.1 Å². The number of anilines is 1. The summed E-state index contributed by atoms with van der Waals surface area (Å²) >= 11 is 13.6. The molecule has 1 N–H and O–H groups in total. The van der Waals surface area contributed by atoms with Gasteiger partial charge < -0.3 is 0 Å². The lowest BCUT2D eigenvalue weighted by Crippen LogP contribution is -2.11. The van der Waals surface area contributed by atoms with Gasteiger partial charge in [-0.25, -0.2) is 14.5 Å². The second-order valence-corrected chi connectivity index (χ2v) is 7.32. The number of halogens is 2. The molecule has 1 amide bonds. The predicted octanol–water partition coefficient (Wildman–Crippen LogP) is 4.34. The average Bonchev–Trinajstić information content (AvgIpc) is 3.25.